The molecule has 0 atom stereocenters. The van der Waals surface area contributed by atoms with Gasteiger partial charge in [0, 0.05) is 16.9 Å². The lowest BCUT2D eigenvalue weighted by Gasteiger charge is -2.07. The molecule has 0 aliphatic heterocycles. The summed E-state index contributed by atoms with van der Waals surface area (Å²) in [5.74, 6) is -2.81. The normalized spacial score (nSPS) is 10.1. The van der Waals surface area contributed by atoms with Crippen molar-refractivity contribution in [3.63, 3.8) is 0 Å². The number of halogens is 1. The molecular weight excluding hydrogens is 456 g/mol. The number of esters is 3. The van der Waals surface area contributed by atoms with E-state index in [9.17, 15) is 19.2 Å². The highest BCUT2D eigenvalue weighted by molar-refractivity contribution is 9.10. The fraction of sp³-hybridized carbons (Fsp3) is 0.235. The van der Waals surface area contributed by atoms with Crippen LogP contribution in [0.2, 0.25) is 0 Å². The largest absolute Gasteiger partial charge is 0.465 e. The molecule has 0 bridgehead atoms. The summed E-state index contributed by atoms with van der Waals surface area (Å²) in [6, 6.07) is 1.49. The Morgan fingerprint density at radius 1 is 1.11 bits per heavy atom. The highest BCUT2D eigenvalue weighted by atomic mass is 79.9. The Hall–Kier alpha value is -2.79. The van der Waals surface area contributed by atoms with E-state index >= 15 is 0 Å². The molecule has 0 aromatic carbocycles. The first-order valence-corrected chi connectivity index (χ1v) is 9.27. The number of pyridine rings is 1. The minimum atomic E-state index is -0.741. The maximum absolute atomic E-state index is 12.2. The van der Waals surface area contributed by atoms with E-state index in [2.05, 4.69) is 31.0 Å². The van der Waals surface area contributed by atoms with E-state index in [0.717, 1.165) is 11.3 Å². The first-order chi connectivity index (χ1) is 13.3. The number of anilines is 1. The monoisotopic (exact) mass is 470 g/mol. The van der Waals surface area contributed by atoms with E-state index in [-0.39, 0.29) is 21.0 Å². The van der Waals surface area contributed by atoms with Crippen LogP contribution in [0, 0.1) is 6.92 Å². The summed E-state index contributed by atoms with van der Waals surface area (Å²) in [6.07, 6.45) is 2.79. The third-order valence-electron chi connectivity index (χ3n) is 3.43. The molecular formula is C17H15BrN2O7S. The number of amides is 1. The van der Waals surface area contributed by atoms with Crippen LogP contribution in [0.15, 0.2) is 22.9 Å². The molecule has 2 aromatic heterocycles. The number of hydrogen-bond acceptors (Lipinski definition) is 9. The second kappa shape index (κ2) is 9.42. The summed E-state index contributed by atoms with van der Waals surface area (Å²) in [5, 5.41) is 2.55. The lowest BCUT2D eigenvalue weighted by atomic mass is 10.1. The molecule has 0 saturated heterocycles. The van der Waals surface area contributed by atoms with Crippen molar-refractivity contribution in [2.24, 2.45) is 0 Å². The SMILES string of the molecule is COC(=O)c1sc(NC(=O)COC(=O)c2cncc(Br)c2)c(C(=O)OC)c1C. The van der Waals surface area contributed by atoms with Gasteiger partial charge in [0.1, 0.15) is 9.88 Å². The van der Waals surface area contributed by atoms with Crippen LogP contribution in [-0.4, -0.2) is 49.6 Å². The number of rotatable bonds is 6. The number of nitrogens with zero attached hydrogens (tertiary/aromatic N) is 1. The summed E-state index contributed by atoms with van der Waals surface area (Å²) in [4.78, 5) is 52.0. The van der Waals surface area contributed by atoms with E-state index in [1.807, 2.05) is 0 Å². The Kier molecular flexibility index (Phi) is 7.24. The zero-order valence-corrected chi connectivity index (χ0v) is 17.4. The van der Waals surface area contributed by atoms with Crippen molar-refractivity contribution >= 4 is 56.1 Å². The van der Waals surface area contributed by atoms with Crippen LogP contribution < -0.4 is 5.32 Å². The van der Waals surface area contributed by atoms with Gasteiger partial charge in [0.15, 0.2) is 6.61 Å². The number of carbonyl (C=O) groups is 4. The smallest absolute Gasteiger partial charge is 0.348 e. The number of hydrogen-bond donors (Lipinski definition) is 1. The molecule has 2 heterocycles. The Labute approximate surface area is 172 Å². The van der Waals surface area contributed by atoms with Crippen molar-refractivity contribution in [3.05, 3.63) is 44.5 Å². The molecule has 2 aromatic rings. The van der Waals surface area contributed by atoms with Crippen LogP contribution in [0.1, 0.15) is 36.0 Å². The van der Waals surface area contributed by atoms with E-state index in [1.165, 1.54) is 39.6 Å². The summed E-state index contributed by atoms with van der Waals surface area (Å²) in [5.41, 5.74) is 0.511. The highest BCUT2D eigenvalue weighted by Gasteiger charge is 2.27. The molecule has 0 fully saturated rings. The predicted molar refractivity (Wildman–Crippen MR) is 103 cm³/mol. The second-order valence-electron chi connectivity index (χ2n) is 5.26. The summed E-state index contributed by atoms with van der Waals surface area (Å²) in [6.45, 7) is 0.932. The molecule has 0 saturated carbocycles. The van der Waals surface area contributed by atoms with Gasteiger partial charge in [-0.25, -0.2) is 14.4 Å². The number of nitrogens with one attached hydrogen (secondary N) is 1. The standard InChI is InChI=1S/C17H15BrN2O7S/c1-8-12(16(23)25-2)14(28-13(8)17(24)26-3)20-11(21)7-27-15(22)9-4-10(18)6-19-5-9/h4-6H,7H2,1-3H3,(H,20,21). The number of aromatic nitrogens is 1. The van der Waals surface area contributed by atoms with Gasteiger partial charge in [-0.3, -0.25) is 9.78 Å². The van der Waals surface area contributed by atoms with Gasteiger partial charge in [-0.05, 0) is 34.5 Å². The van der Waals surface area contributed by atoms with Crippen LogP contribution in [-0.2, 0) is 19.0 Å². The lowest BCUT2D eigenvalue weighted by Crippen LogP contribution is -2.21. The highest BCUT2D eigenvalue weighted by Crippen LogP contribution is 2.34. The van der Waals surface area contributed by atoms with Crippen molar-refractivity contribution in [3.8, 4) is 0 Å². The van der Waals surface area contributed by atoms with Gasteiger partial charge < -0.3 is 19.5 Å². The van der Waals surface area contributed by atoms with Crippen molar-refractivity contribution in [1.29, 1.82) is 0 Å². The fourth-order valence-electron chi connectivity index (χ4n) is 2.14. The van der Waals surface area contributed by atoms with Gasteiger partial charge >= 0.3 is 17.9 Å². The summed E-state index contributed by atoms with van der Waals surface area (Å²) >= 11 is 4.04. The first kappa shape index (κ1) is 21.5. The Balaban J connectivity index is 2.13. The molecule has 1 amide bonds. The van der Waals surface area contributed by atoms with Crippen molar-refractivity contribution in [1.82, 2.24) is 4.98 Å². The third kappa shape index (κ3) is 4.93. The Morgan fingerprint density at radius 3 is 2.39 bits per heavy atom. The quantitative estimate of drug-likeness (QED) is 0.504. The van der Waals surface area contributed by atoms with Gasteiger partial charge in [-0.2, -0.15) is 0 Å². The number of carbonyl (C=O) groups excluding carboxylic acids is 4. The molecule has 0 radical (unpaired) electrons. The van der Waals surface area contributed by atoms with Crippen LogP contribution >= 0.6 is 27.3 Å². The third-order valence-corrected chi connectivity index (χ3v) is 5.06. The van der Waals surface area contributed by atoms with Gasteiger partial charge in [0.25, 0.3) is 5.91 Å². The average Bonchev–Trinajstić information content (AvgIpc) is 3.00. The van der Waals surface area contributed by atoms with Gasteiger partial charge in [0.2, 0.25) is 0 Å². The number of ether oxygens (including phenoxy) is 3. The van der Waals surface area contributed by atoms with E-state index in [4.69, 9.17) is 9.47 Å². The second-order valence-corrected chi connectivity index (χ2v) is 7.20. The lowest BCUT2D eigenvalue weighted by molar-refractivity contribution is -0.119. The maximum Gasteiger partial charge on any atom is 0.348 e. The molecule has 0 aliphatic carbocycles. The topological polar surface area (TPSA) is 121 Å². The van der Waals surface area contributed by atoms with Crippen LogP contribution in [0.25, 0.3) is 0 Å². The maximum atomic E-state index is 12.2. The molecule has 11 heteroatoms. The van der Waals surface area contributed by atoms with Crippen LogP contribution in [0.3, 0.4) is 0 Å². The number of thiophene rings is 1. The van der Waals surface area contributed by atoms with Gasteiger partial charge in [-0.15, -0.1) is 11.3 Å². The zero-order chi connectivity index (χ0) is 20.8. The molecule has 28 heavy (non-hydrogen) atoms. The van der Waals surface area contributed by atoms with E-state index < -0.39 is 30.4 Å². The first-order valence-electron chi connectivity index (χ1n) is 7.66. The van der Waals surface area contributed by atoms with E-state index in [1.54, 1.807) is 0 Å². The van der Waals surface area contributed by atoms with Gasteiger partial charge in [0.05, 0.1) is 25.3 Å². The molecule has 148 valence electrons. The molecule has 9 nitrogen and oxygen atoms in total. The minimum Gasteiger partial charge on any atom is -0.465 e. The summed E-state index contributed by atoms with van der Waals surface area (Å²) < 4.78 is 14.9. The predicted octanol–water partition coefficient (Wildman–Crippen LogP) is 2.58. The van der Waals surface area contributed by atoms with Crippen molar-refractivity contribution in [2.75, 3.05) is 26.1 Å². The zero-order valence-electron chi connectivity index (χ0n) is 15.0. The van der Waals surface area contributed by atoms with Crippen LogP contribution in [0.4, 0.5) is 5.00 Å². The molecule has 0 aliphatic rings. The Morgan fingerprint density at radius 2 is 1.79 bits per heavy atom. The van der Waals surface area contributed by atoms with E-state index in [0.29, 0.717) is 10.0 Å². The molecule has 2 rings (SSSR count). The Bertz CT molecular complexity index is 942. The number of methoxy groups -OCH3 is 2. The van der Waals surface area contributed by atoms with Gasteiger partial charge in [-0.1, -0.05) is 0 Å². The minimum absolute atomic E-state index is 0.0313. The summed E-state index contributed by atoms with van der Waals surface area (Å²) in [7, 11) is 2.38. The van der Waals surface area contributed by atoms with Crippen LogP contribution in [0.5, 0.6) is 0 Å². The van der Waals surface area contributed by atoms with Crippen molar-refractivity contribution in [2.45, 2.75) is 6.92 Å². The molecule has 0 unspecified atom stereocenters. The molecule has 1 N–H and O–H groups in total. The average molecular weight is 471 g/mol. The molecule has 0 spiro atoms. The van der Waals surface area contributed by atoms with Crippen molar-refractivity contribution < 1.29 is 33.4 Å². The fourth-order valence-corrected chi connectivity index (χ4v) is 3.63.